The van der Waals surface area contributed by atoms with Crippen molar-refractivity contribution in [3.8, 4) is 0 Å². The second kappa shape index (κ2) is 4.74. The number of carbonyl (C=O) groups excluding carboxylic acids is 2. The van der Waals surface area contributed by atoms with E-state index in [9.17, 15) is 14.4 Å². The van der Waals surface area contributed by atoms with Crippen molar-refractivity contribution >= 4 is 17.7 Å². The summed E-state index contributed by atoms with van der Waals surface area (Å²) < 4.78 is 4.84. The van der Waals surface area contributed by atoms with Crippen molar-refractivity contribution in [2.24, 2.45) is 0 Å². The van der Waals surface area contributed by atoms with Gasteiger partial charge in [0.25, 0.3) is 0 Å². The van der Waals surface area contributed by atoms with Gasteiger partial charge in [0.05, 0.1) is 0 Å². The molecule has 0 spiro atoms. The summed E-state index contributed by atoms with van der Waals surface area (Å²) in [4.78, 5) is 32.0. The van der Waals surface area contributed by atoms with E-state index in [-0.39, 0.29) is 0 Å². The van der Waals surface area contributed by atoms with E-state index in [2.05, 4.69) is 0 Å². The monoisotopic (exact) mass is 202 g/mol. The topological polar surface area (TPSA) is 80.7 Å². The Hall–Kier alpha value is -1.39. The Balaban J connectivity index is 3.96. The summed E-state index contributed by atoms with van der Waals surface area (Å²) in [5.74, 6) is -2.57. The van der Waals surface area contributed by atoms with Gasteiger partial charge in [-0.3, -0.25) is 14.4 Å². The van der Waals surface area contributed by atoms with Gasteiger partial charge in [0, 0.05) is 0 Å². The maximum absolute atomic E-state index is 11.0. The third-order valence-corrected chi connectivity index (χ3v) is 1.11. The molecule has 0 saturated carbocycles. The molecular formula is C9H14O5. The lowest BCUT2D eigenvalue weighted by molar-refractivity contribution is -0.156. The van der Waals surface area contributed by atoms with E-state index >= 15 is 0 Å². The fourth-order valence-electron chi connectivity index (χ4n) is 0.770. The Kier molecular flexibility index (Phi) is 4.27. The molecule has 0 rings (SSSR count). The molecule has 0 amide bonds. The molecule has 1 N–H and O–H groups in total. The number of esters is 1. The highest BCUT2D eigenvalue weighted by Crippen LogP contribution is 2.08. The maximum atomic E-state index is 11.0. The first-order valence-corrected chi connectivity index (χ1v) is 4.16. The zero-order valence-electron chi connectivity index (χ0n) is 8.49. The quantitative estimate of drug-likeness (QED) is 0.537. The minimum atomic E-state index is -1.24. The minimum Gasteiger partial charge on any atom is -0.481 e. The number of carboxylic acids is 1. The highest BCUT2D eigenvalue weighted by atomic mass is 16.6. The molecule has 0 atom stereocenters. The molecule has 80 valence electrons. The second-order valence-corrected chi connectivity index (χ2v) is 3.87. The molecule has 0 fully saturated rings. The predicted octanol–water partition coefficient (Wildman–Crippen LogP) is 0.762. The number of hydrogen-bond donors (Lipinski definition) is 1. The number of carbonyl (C=O) groups is 3. The van der Waals surface area contributed by atoms with Crippen molar-refractivity contribution in [1.29, 1.82) is 0 Å². The number of aliphatic carboxylic acids is 1. The van der Waals surface area contributed by atoms with Crippen molar-refractivity contribution in [2.45, 2.75) is 39.2 Å². The molecular weight excluding hydrogens is 188 g/mol. The molecule has 0 aliphatic rings. The first kappa shape index (κ1) is 12.6. The van der Waals surface area contributed by atoms with Crippen molar-refractivity contribution in [2.75, 3.05) is 0 Å². The number of carboxylic acid groups (broad SMARTS) is 1. The molecule has 14 heavy (non-hydrogen) atoms. The predicted molar refractivity (Wildman–Crippen MR) is 47.7 cm³/mol. The van der Waals surface area contributed by atoms with E-state index in [0.717, 1.165) is 0 Å². The van der Waals surface area contributed by atoms with Crippen LogP contribution in [0.4, 0.5) is 0 Å². The van der Waals surface area contributed by atoms with Gasteiger partial charge >= 0.3 is 11.9 Å². The van der Waals surface area contributed by atoms with Crippen LogP contribution in [0.15, 0.2) is 0 Å². The first-order chi connectivity index (χ1) is 6.20. The van der Waals surface area contributed by atoms with E-state index < -0.39 is 36.2 Å². The molecule has 0 unspecified atom stereocenters. The minimum absolute atomic E-state index is 0.483. The van der Waals surface area contributed by atoms with Gasteiger partial charge in [0.15, 0.2) is 5.78 Å². The van der Waals surface area contributed by atoms with Crippen LogP contribution in [0, 0.1) is 0 Å². The van der Waals surface area contributed by atoms with E-state index in [4.69, 9.17) is 9.84 Å². The molecule has 0 bridgehead atoms. The van der Waals surface area contributed by atoms with Gasteiger partial charge in [-0.25, -0.2) is 0 Å². The normalized spacial score (nSPS) is 10.8. The van der Waals surface area contributed by atoms with Gasteiger partial charge in [-0.05, 0) is 20.8 Å². The third-order valence-electron chi connectivity index (χ3n) is 1.11. The Morgan fingerprint density at radius 2 is 1.64 bits per heavy atom. The van der Waals surface area contributed by atoms with Crippen LogP contribution in [0.1, 0.15) is 33.6 Å². The highest BCUT2D eigenvalue weighted by Gasteiger charge is 2.19. The van der Waals surface area contributed by atoms with Crippen LogP contribution in [0.3, 0.4) is 0 Å². The highest BCUT2D eigenvalue weighted by molar-refractivity contribution is 6.03. The van der Waals surface area contributed by atoms with Gasteiger partial charge in [0.1, 0.15) is 18.4 Å². The van der Waals surface area contributed by atoms with Gasteiger partial charge in [-0.2, -0.15) is 0 Å². The molecule has 0 aromatic rings. The zero-order valence-corrected chi connectivity index (χ0v) is 8.49. The van der Waals surface area contributed by atoms with Gasteiger partial charge < -0.3 is 9.84 Å². The molecule has 5 nitrogen and oxygen atoms in total. The second-order valence-electron chi connectivity index (χ2n) is 3.87. The van der Waals surface area contributed by atoms with E-state index in [1.54, 1.807) is 20.8 Å². The summed E-state index contributed by atoms with van der Waals surface area (Å²) in [5.41, 5.74) is -0.652. The summed E-state index contributed by atoms with van der Waals surface area (Å²) in [7, 11) is 0. The first-order valence-electron chi connectivity index (χ1n) is 4.16. The summed E-state index contributed by atoms with van der Waals surface area (Å²) in [6.45, 7) is 5.02. The molecule has 5 heteroatoms. The van der Waals surface area contributed by atoms with Crippen LogP contribution in [-0.2, 0) is 19.1 Å². The van der Waals surface area contributed by atoms with Crippen molar-refractivity contribution in [3.05, 3.63) is 0 Å². The van der Waals surface area contributed by atoms with Crippen LogP contribution in [0.5, 0.6) is 0 Å². The molecule has 0 saturated heterocycles. The van der Waals surface area contributed by atoms with Crippen LogP contribution in [-0.4, -0.2) is 28.4 Å². The van der Waals surface area contributed by atoms with Crippen LogP contribution < -0.4 is 0 Å². The lowest BCUT2D eigenvalue weighted by atomic mass is 10.2. The lowest BCUT2D eigenvalue weighted by Gasteiger charge is -2.18. The molecule has 0 aliphatic heterocycles. The third kappa shape index (κ3) is 7.27. The Bertz CT molecular complexity index is 248. The number of ether oxygens (including phenoxy) is 1. The molecule has 0 aromatic heterocycles. The van der Waals surface area contributed by atoms with Gasteiger partial charge in [0.2, 0.25) is 0 Å². The average molecular weight is 202 g/mol. The van der Waals surface area contributed by atoms with Crippen LogP contribution in [0.2, 0.25) is 0 Å². The van der Waals surface area contributed by atoms with Gasteiger partial charge in [-0.15, -0.1) is 0 Å². The summed E-state index contributed by atoms with van der Waals surface area (Å²) >= 11 is 0. The van der Waals surface area contributed by atoms with Crippen molar-refractivity contribution in [3.63, 3.8) is 0 Å². The summed E-state index contributed by atoms with van der Waals surface area (Å²) in [6.07, 6.45) is -1.12. The molecule has 0 aromatic carbocycles. The SMILES string of the molecule is CC(C)(C)OC(=O)CC(=O)CC(=O)O. The van der Waals surface area contributed by atoms with E-state index in [1.807, 2.05) is 0 Å². The number of Topliss-reactive ketones (excluding diaryl/α,β-unsaturated/α-hetero) is 1. The van der Waals surface area contributed by atoms with Gasteiger partial charge in [-0.1, -0.05) is 0 Å². The standard InChI is InChI=1S/C9H14O5/c1-9(2,3)14-8(13)5-6(10)4-7(11)12/h4-5H2,1-3H3,(H,11,12). The van der Waals surface area contributed by atoms with E-state index in [0.29, 0.717) is 0 Å². The van der Waals surface area contributed by atoms with Crippen molar-refractivity contribution < 1.29 is 24.2 Å². The number of ketones is 1. The Morgan fingerprint density at radius 1 is 1.14 bits per heavy atom. The van der Waals surface area contributed by atoms with Crippen LogP contribution >= 0.6 is 0 Å². The molecule has 0 aliphatic carbocycles. The summed E-state index contributed by atoms with van der Waals surface area (Å²) in [5, 5.41) is 8.26. The fraction of sp³-hybridized carbons (Fsp3) is 0.667. The van der Waals surface area contributed by atoms with Crippen molar-refractivity contribution in [1.82, 2.24) is 0 Å². The maximum Gasteiger partial charge on any atom is 0.313 e. The Morgan fingerprint density at radius 3 is 2.00 bits per heavy atom. The number of hydrogen-bond acceptors (Lipinski definition) is 4. The van der Waals surface area contributed by atoms with E-state index in [1.165, 1.54) is 0 Å². The average Bonchev–Trinajstić information content (AvgIpc) is 1.77. The largest absolute Gasteiger partial charge is 0.481 e. The fourth-order valence-corrected chi connectivity index (χ4v) is 0.770. The Labute approximate surface area is 82.1 Å². The summed E-state index contributed by atoms with van der Waals surface area (Å²) in [6, 6.07) is 0. The molecule has 0 radical (unpaired) electrons. The lowest BCUT2D eigenvalue weighted by Crippen LogP contribution is -2.25. The number of rotatable bonds is 4. The van der Waals surface area contributed by atoms with Crippen LogP contribution in [0.25, 0.3) is 0 Å². The molecule has 0 heterocycles. The zero-order chi connectivity index (χ0) is 11.4. The smallest absolute Gasteiger partial charge is 0.313 e.